The van der Waals surface area contributed by atoms with Gasteiger partial charge in [0.05, 0.1) is 0 Å². The zero-order valence-electron chi connectivity index (χ0n) is 11.8. The monoisotopic (exact) mass is 285 g/mol. The van der Waals surface area contributed by atoms with Gasteiger partial charge in [0.25, 0.3) is 0 Å². The summed E-state index contributed by atoms with van der Waals surface area (Å²) < 4.78 is 0. The molecule has 0 aliphatic rings. The first-order valence-electron chi connectivity index (χ1n) is 6.68. The summed E-state index contributed by atoms with van der Waals surface area (Å²) >= 11 is 8.21. The summed E-state index contributed by atoms with van der Waals surface area (Å²) in [5.74, 6) is 0.670. The van der Waals surface area contributed by atoms with Crippen molar-refractivity contribution in [2.45, 2.75) is 50.8 Å². The van der Waals surface area contributed by atoms with Crippen LogP contribution in [0.4, 0.5) is 0 Å². The molecule has 0 saturated carbocycles. The molecule has 1 atom stereocenters. The highest BCUT2D eigenvalue weighted by Crippen LogP contribution is 2.29. The molecule has 3 heteroatoms. The van der Waals surface area contributed by atoms with Crippen LogP contribution in [0.3, 0.4) is 0 Å². The molecule has 0 aliphatic heterocycles. The number of hydrogen-bond acceptors (Lipinski definition) is 2. The molecule has 0 heterocycles. The molecule has 0 saturated heterocycles. The van der Waals surface area contributed by atoms with Crippen molar-refractivity contribution in [3.63, 3.8) is 0 Å². The Morgan fingerprint density at radius 2 is 2.00 bits per heavy atom. The minimum atomic E-state index is 0.644. The molecule has 1 aromatic rings. The van der Waals surface area contributed by atoms with Gasteiger partial charge in [0, 0.05) is 21.7 Å². The van der Waals surface area contributed by atoms with Crippen LogP contribution >= 0.6 is 23.4 Å². The van der Waals surface area contributed by atoms with Crippen LogP contribution in [0.1, 0.15) is 39.7 Å². The highest BCUT2D eigenvalue weighted by Gasteiger charge is 2.05. The summed E-state index contributed by atoms with van der Waals surface area (Å²) in [5.41, 5.74) is 1.19. The highest BCUT2D eigenvalue weighted by molar-refractivity contribution is 7.99. The minimum Gasteiger partial charge on any atom is -0.312 e. The van der Waals surface area contributed by atoms with Crippen LogP contribution in [0.15, 0.2) is 23.1 Å². The van der Waals surface area contributed by atoms with Gasteiger partial charge in [0.2, 0.25) is 0 Å². The predicted molar refractivity (Wildman–Crippen MR) is 83.6 cm³/mol. The minimum absolute atomic E-state index is 0.644. The first kappa shape index (κ1) is 15.9. The van der Waals surface area contributed by atoms with Crippen LogP contribution in [-0.4, -0.2) is 11.8 Å². The Kier molecular flexibility index (Phi) is 7.13. The van der Waals surface area contributed by atoms with Crippen molar-refractivity contribution in [3.8, 4) is 0 Å². The molecular formula is C15H24ClNS. The lowest BCUT2D eigenvalue weighted by Crippen LogP contribution is -2.19. The second-order valence-corrected chi connectivity index (χ2v) is 7.03. The molecule has 1 nitrogen and oxygen atoms in total. The number of hydrogen-bond donors (Lipinski definition) is 1. The van der Waals surface area contributed by atoms with E-state index in [9.17, 15) is 0 Å². The Balaban J connectivity index is 2.56. The third kappa shape index (κ3) is 5.64. The fourth-order valence-corrected chi connectivity index (χ4v) is 2.83. The lowest BCUT2D eigenvalue weighted by Gasteiger charge is -2.12. The van der Waals surface area contributed by atoms with Crippen molar-refractivity contribution in [3.05, 3.63) is 28.8 Å². The average molecular weight is 286 g/mol. The van der Waals surface area contributed by atoms with E-state index in [4.69, 9.17) is 11.6 Å². The van der Waals surface area contributed by atoms with E-state index in [2.05, 4.69) is 51.2 Å². The second-order valence-electron chi connectivity index (χ2n) is 5.11. The fraction of sp³-hybridized carbons (Fsp3) is 0.600. The second kappa shape index (κ2) is 8.08. The van der Waals surface area contributed by atoms with Crippen LogP contribution < -0.4 is 5.32 Å². The van der Waals surface area contributed by atoms with Gasteiger partial charge in [-0.05, 0) is 36.6 Å². The Bertz CT molecular complexity index is 366. The van der Waals surface area contributed by atoms with E-state index in [1.807, 2.05) is 11.8 Å². The van der Waals surface area contributed by atoms with Gasteiger partial charge >= 0.3 is 0 Å². The van der Waals surface area contributed by atoms with Crippen LogP contribution in [-0.2, 0) is 6.54 Å². The molecule has 1 unspecified atom stereocenters. The number of nitrogens with one attached hydrogen (secondary N) is 1. The van der Waals surface area contributed by atoms with Gasteiger partial charge in [-0.15, -0.1) is 11.8 Å². The zero-order valence-corrected chi connectivity index (χ0v) is 13.4. The summed E-state index contributed by atoms with van der Waals surface area (Å²) in [5, 5.41) is 4.94. The molecule has 102 valence electrons. The largest absolute Gasteiger partial charge is 0.312 e. The lowest BCUT2D eigenvalue weighted by molar-refractivity contribution is 0.552. The molecule has 0 amide bonds. The van der Waals surface area contributed by atoms with Gasteiger partial charge in [-0.2, -0.15) is 0 Å². The quantitative estimate of drug-likeness (QED) is 0.710. The Morgan fingerprint density at radius 1 is 1.28 bits per heavy atom. The van der Waals surface area contributed by atoms with Gasteiger partial charge in [0.1, 0.15) is 0 Å². The van der Waals surface area contributed by atoms with Crippen LogP contribution in [0.25, 0.3) is 0 Å². The molecule has 1 rings (SSSR count). The Hall–Kier alpha value is -0.180. The van der Waals surface area contributed by atoms with E-state index in [1.165, 1.54) is 16.9 Å². The Morgan fingerprint density at radius 3 is 2.56 bits per heavy atom. The average Bonchev–Trinajstić information content (AvgIpc) is 2.31. The topological polar surface area (TPSA) is 12.0 Å². The molecule has 1 N–H and O–H groups in total. The van der Waals surface area contributed by atoms with Crippen molar-refractivity contribution < 1.29 is 0 Å². The van der Waals surface area contributed by atoms with E-state index in [-0.39, 0.29) is 0 Å². The van der Waals surface area contributed by atoms with Gasteiger partial charge < -0.3 is 5.32 Å². The van der Waals surface area contributed by atoms with E-state index >= 15 is 0 Å². The predicted octanol–water partition coefficient (Wildman–Crippen LogP) is 4.98. The van der Waals surface area contributed by atoms with Crippen molar-refractivity contribution in [2.75, 3.05) is 6.54 Å². The van der Waals surface area contributed by atoms with Crippen molar-refractivity contribution >= 4 is 23.4 Å². The normalized spacial score (nSPS) is 13.0. The van der Waals surface area contributed by atoms with E-state index in [1.54, 1.807) is 0 Å². The summed E-state index contributed by atoms with van der Waals surface area (Å²) in [4.78, 5) is 1.27. The molecule has 0 spiro atoms. The number of benzene rings is 1. The third-order valence-electron chi connectivity index (χ3n) is 2.80. The first-order chi connectivity index (χ1) is 8.52. The van der Waals surface area contributed by atoms with Crippen LogP contribution in [0, 0.1) is 5.92 Å². The van der Waals surface area contributed by atoms with E-state index in [0.717, 1.165) is 18.1 Å². The molecular weight excluding hydrogens is 262 g/mol. The van der Waals surface area contributed by atoms with Crippen molar-refractivity contribution in [2.24, 2.45) is 5.92 Å². The lowest BCUT2D eigenvalue weighted by atomic mass is 10.2. The number of rotatable bonds is 7. The maximum Gasteiger partial charge on any atom is 0.0462 e. The number of halogens is 1. The van der Waals surface area contributed by atoms with E-state index in [0.29, 0.717) is 11.2 Å². The summed E-state index contributed by atoms with van der Waals surface area (Å²) in [6.45, 7) is 10.8. The maximum atomic E-state index is 6.32. The standard InChI is InChI=1S/C15H24ClNS/c1-5-12(4)18-14-7-6-13(15(16)8-14)10-17-9-11(2)3/h6-8,11-12,17H,5,9-10H2,1-4H3. The highest BCUT2D eigenvalue weighted by atomic mass is 35.5. The van der Waals surface area contributed by atoms with Gasteiger partial charge in [-0.25, -0.2) is 0 Å². The molecule has 0 fully saturated rings. The number of thioether (sulfide) groups is 1. The molecule has 18 heavy (non-hydrogen) atoms. The Labute approximate surface area is 121 Å². The van der Waals surface area contributed by atoms with Crippen molar-refractivity contribution in [1.29, 1.82) is 0 Å². The fourth-order valence-electron chi connectivity index (χ4n) is 1.56. The van der Waals surface area contributed by atoms with Crippen molar-refractivity contribution in [1.82, 2.24) is 5.32 Å². The molecule has 0 radical (unpaired) electrons. The maximum absolute atomic E-state index is 6.32. The molecule has 0 bridgehead atoms. The smallest absolute Gasteiger partial charge is 0.0462 e. The summed E-state index contributed by atoms with van der Waals surface area (Å²) in [6.07, 6.45) is 1.18. The SMILES string of the molecule is CCC(C)Sc1ccc(CNCC(C)C)c(Cl)c1. The van der Waals surface area contributed by atoms with E-state index < -0.39 is 0 Å². The molecule has 0 aromatic heterocycles. The molecule has 1 aromatic carbocycles. The van der Waals surface area contributed by atoms with Crippen LogP contribution in [0.5, 0.6) is 0 Å². The first-order valence-corrected chi connectivity index (χ1v) is 7.94. The van der Waals surface area contributed by atoms with Gasteiger partial charge in [-0.1, -0.05) is 45.4 Å². The molecule has 0 aliphatic carbocycles. The zero-order chi connectivity index (χ0) is 13.5. The summed E-state index contributed by atoms with van der Waals surface area (Å²) in [6, 6.07) is 6.40. The van der Waals surface area contributed by atoms with Crippen LogP contribution in [0.2, 0.25) is 5.02 Å². The third-order valence-corrected chi connectivity index (χ3v) is 4.42. The van der Waals surface area contributed by atoms with Gasteiger partial charge in [-0.3, -0.25) is 0 Å². The van der Waals surface area contributed by atoms with Gasteiger partial charge in [0.15, 0.2) is 0 Å². The summed E-state index contributed by atoms with van der Waals surface area (Å²) in [7, 11) is 0.